The number of unbranched alkanes of at least 4 members (excludes halogenated alkanes) is 28. The SMILES string of the molecule is CCCCCCCCCCCCN(CCCCCCCCCCCC)CCN1CCN(CCN(CCCCCCCCCCCC)CCN(CC)CCCC)CC1. The van der Waals surface area contributed by atoms with Crippen LogP contribution in [0.5, 0.6) is 0 Å². The van der Waals surface area contributed by atoms with Gasteiger partial charge in [-0.05, 0) is 58.4 Å². The monoisotopic (exact) mass is 804 g/mol. The van der Waals surface area contributed by atoms with Crippen molar-refractivity contribution in [2.45, 2.75) is 240 Å². The van der Waals surface area contributed by atoms with Crippen molar-refractivity contribution in [3.63, 3.8) is 0 Å². The summed E-state index contributed by atoms with van der Waals surface area (Å²) in [6.45, 7) is 30.7. The molecule has 1 aliphatic heterocycles. The van der Waals surface area contributed by atoms with Crippen LogP contribution < -0.4 is 0 Å². The van der Waals surface area contributed by atoms with Gasteiger partial charge in [0.1, 0.15) is 0 Å². The molecule has 57 heavy (non-hydrogen) atoms. The van der Waals surface area contributed by atoms with Crippen LogP contribution in [0.2, 0.25) is 0 Å². The second-order valence-electron chi connectivity index (χ2n) is 18.7. The molecular formula is C52H109N5. The Labute approximate surface area is 361 Å². The minimum Gasteiger partial charge on any atom is -0.302 e. The first-order valence-corrected chi connectivity index (χ1v) is 26.8. The van der Waals surface area contributed by atoms with Crippen LogP contribution in [0.15, 0.2) is 0 Å². The molecule has 0 unspecified atom stereocenters. The Kier molecular flexibility index (Phi) is 42.2. The molecule has 342 valence electrons. The molecular weight excluding hydrogens is 695 g/mol. The van der Waals surface area contributed by atoms with Gasteiger partial charge in [0.15, 0.2) is 0 Å². The molecule has 5 nitrogen and oxygen atoms in total. The first-order valence-electron chi connectivity index (χ1n) is 26.8. The van der Waals surface area contributed by atoms with Gasteiger partial charge in [0.05, 0.1) is 0 Å². The Bertz CT molecular complexity index is 731. The van der Waals surface area contributed by atoms with Crippen molar-refractivity contribution in [3.8, 4) is 0 Å². The van der Waals surface area contributed by atoms with Gasteiger partial charge in [0.25, 0.3) is 0 Å². The molecule has 1 aliphatic rings. The fourth-order valence-corrected chi connectivity index (χ4v) is 9.03. The van der Waals surface area contributed by atoms with Gasteiger partial charge in [-0.15, -0.1) is 0 Å². The molecule has 0 aromatic carbocycles. The predicted molar refractivity (Wildman–Crippen MR) is 258 cm³/mol. The maximum atomic E-state index is 2.87. The molecule has 0 bridgehead atoms. The van der Waals surface area contributed by atoms with Crippen molar-refractivity contribution in [2.75, 3.05) is 98.2 Å². The van der Waals surface area contributed by atoms with E-state index in [-0.39, 0.29) is 0 Å². The Balaban J connectivity index is 2.45. The third-order valence-corrected chi connectivity index (χ3v) is 13.4. The van der Waals surface area contributed by atoms with Gasteiger partial charge in [-0.1, -0.05) is 214 Å². The smallest absolute Gasteiger partial charge is 0.0110 e. The van der Waals surface area contributed by atoms with Gasteiger partial charge >= 0.3 is 0 Å². The van der Waals surface area contributed by atoms with E-state index in [0.717, 1.165) is 0 Å². The van der Waals surface area contributed by atoms with E-state index in [1.165, 1.54) is 304 Å². The van der Waals surface area contributed by atoms with Crippen LogP contribution >= 0.6 is 0 Å². The summed E-state index contributed by atoms with van der Waals surface area (Å²) in [6.07, 6.45) is 45.8. The minimum atomic E-state index is 1.20. The second-order valence-corrected chi connectivity index (χ2v) is 18.7. The van der Waals surface area contributed by atoms with Gasteiger partial charge in [0, 0.05) is 65.4 Å². The van der Waals surface area contributed by atoms with Gasteiger partial charge < -0.3 is 14.7 Å². The summed E-state index contributed by atoms with van der Waals surface area (Å²) in [5.41, 5.74) is 0. The van der Waals surface area contributed by atoms with E-state index in [1.807, 2.05) is 0 Å². The number of likely N-dealkylation sites (N-methyl/N-ethyl adjacent to an activating group) is 1. The van der Waals surface area contributed by atoms with E-state index in [9.17, 15) is 0 Å². The first-order chi connectivity index (χ1) is 28.2. The Morgan fingerprint density at radius 2 is 0.491 bits per heavy atom. The van der Waals surface area contributed by atoms with Crippen molar-refractivity contribution >= 4 is 0 Å². The van der Waals surface area contributed by atoms with Crippen LogP contribution in [-0.2, 0) is 0 Å². The maximum absolute atomic E-state index is 2.87. The Morgan fingerprint density at radius 1 is 0.246 bits per heavy atom. The number of rotatable bonds is 46. The number of hydrogen-bond acceptors (Lipinski definition) is 5. The quantitative estimate of drug-likeness (QED) is 0.0568. The summed E-state index contributed by atoms with van der Waals surface area (Å²) < 4.78 is 0. The van der Waals surface area contributed by atoms with Crippen molar-refractivity contribution in [3.05, 3.63) is 0 Å². The highest BCUT2D eigenvalue weighted by Gasteiger charge is 2.19. The average Bonchev–Trinajstić information content (AvgIpc) is 3.23. The summed E-state index contributed by atoms with van der Waals surface area (Å²) in [7, 11) is 0. The third kappa shape index (κ3) is 36.2. The summed E-state index contributed by atoms with van der Waals surface area (Å²) in [6, 6.07) is 0. The molecule has 0 amide bonds. The van der Waals surface area contributed by atoms with Crippen LogP contribution in [0.1, 0.15) is 240 Å². The molecule has 0 saturated carbocycles. The predicted octanol–water partition coefficient (Wildman–Crippen LogP) is 14.1. The summed E-state index contributed by atoms with van der Waals surface area (Å²) in [4.78, 5) is 14.0. The number of nitrogens with zero attached hydrogens (tertiary/aromatic N) is 5. The fraction of sp³-hybridized carbons (Fsp3) is 1.00. The molecule has 1 fully saturated rings. The van der Waals surface area contributed by atoms with Crippen molar-refractivity contribution in [1.82, 2.24) is 24.5 Å². The Hall–Kier alpha value is -0.200. The lowest BCUT2D eigenvalue weighted by atomic mass is 10.1. The van der Waals surface area contributed by atoms with Gasteiger partial charge in [0.2, 0.25) is 0 Å². The highest BCUT2D eigenvalue weighted by Crippen LogP contribution is 2.15. The second kappa shape index (κ2) is 43.9. The molecule has 1 rings (SSSR count). The largest absolute Gasteiger partial charge is 0.302 e. The first kappa shape index (κ1) is 54.8. The molecule has 0 aromatic heterocycles. The third-order valence-electron chi connectivity index (χ3n) is 13.4. The van der Waals surface area contributed by atoms with E-state index in [4.69, 9.17) is 0 Å². The summed E-state index contributed by atoms with van der Waals surface area (Å²) >= 11 is 0. The van der Waals surface area contributed by atoms with Crippen LogP contribution in [0.4, 0.5) is 0 Å². The molecule has 0 aromatic rings. The van der Waals surface area contributed by atoms with Crippen LogP contribution in [0.3, 0.4) is 0 Å². The van der Waals surface area contributed by atoms with E-state index in [0.29, 0.717) is 0 Å². The zero-order chi connectivity index (χ0) is 41.1. The molecule has 1 heterocycles. The number of hydrogen-bond donors (Lipinski definition) is 0. The average molecular weight is 804 g/mol. The lowest BCUT2D eigenvalue weighted by Gasteiger charge is -2.37. The maximum Gasteiger partial charge on any atom is 0.0110 e. The fourth-order valence-electron chi connectivity index (χ4n) is 9.03. The highest BCUT2D eigenvalue weighted by atomic mass is 15.3. The van der Waals surface area contributed by atoms with Gasteiger partial charge in [-0.25, -0.2) is 0 Å². The van der Waals surface area contributed by atoms with Crippen molar-refractivity contribution in [1.29, 1.82) is 0 Å². The molecule has 0 N–H and O–H groups in total. The molecule has 1 saturated heterocycles. The lowest BCUT2D eigenvalue weighted by molar-refractivity contribution is 0.104. The molecule has 0 atom stereocenters. The standard InChI is InChI=1S/C52H109N5/c1-6-11-15-18-21-24-27-30-33-36-40-54(41-37-34-31-28-25-22-19-16-12-7-2)45-47-56-49-51-57(52-50-56)48-46-55(44-43-53(10-5)39-14-9-4)42-38-35-32-29-26-23-20-17-13-8-3/h6-52H2,1-5H3. The van der Waals surface area contributed by atoms with Crippen LogP contribution in [-0.4, -0.2) is 123 Å². The van der Waals surface area contributed by atoms with E-state index >= 15 is 0 Å². The molecule has 5 heteroatoms. The van der Waals surface area contributed by atoms with E-state index < -0.39 is 0 Å². The van der Waals surface area contributed by atoms with E-state index in [2.05, 4.69) is 59.1 Å². The highest BCUT2D eigenvalue weighted by molar-refractivity contribution is 4.75. The van der Waals surface area contributed by atoms with Crippen molar-refractivity contribution in [2.24, 2.45) is 0 Å². The number of piperazine rings is 1. The van der Waals surface area contributed by atoms with Gasteiger partial charge in [-0.2, -0.15) is 0 Å². The Morgan fingerprint density at radius 3 is 0.789 bits per heavy atom. The zero-order valence-electron chi connectivity index (χ0n) is 40.5. The summed E-state index contributed by atoms with van der Waals surface area (Å²) in [5.74, 6) is 0. The zero-order valence-corrected chi connectivity index (χ0v) is 40.5. The molecule has 0 radical (unpaired) electrons. The molecule has 0 spiro atoms. The minimum absolute atomic E-state index is 1.20. The topological polar surface area (TPSA) is 16.2 Å². The lowest BCUT2D eigenvalue weighted by Crippen LogP contribution is -2.50. The normalized spacial score (nSPS) is 14.3. The summed E-state index contributed by atoms with van der Waals surface area (Å²) in [5, 5.41) is 0. The van der Waals surface area contributed by atoms with E-state index in [1.54, 1.807) is 0 Å². The van der Waals surface area contributed by atoms with Crippen molar-refractivity contribution < 1.29 is 0 Å². The van der Waals surface area contributed by atoms with Crippen LogP contribution in [0.25, 0.3) is 0 Å². The van der Waals surface area contributed by atoms with Crippen LogP contribution in [0, 0.1) is 0 Å². The van der Waals surface area contributed by atoms with Gasteiger partial charge in [-0.3, -0.25) is 9.80 Å². The molecule has 0 aliphatic carbocycles.